The number of carbonyl (C=O) groups excluding carboxylic acids is 1. The molecule has 1 amide bonds. The Kier molecular flexibility index (Phi) is 4.74. The second-order valence-electron chi connectivity index (χ2n) is 4.82. The Labute approximate surface area is 112 Å². The van der Waals surface area contributed by atoms with E-state index in [4.69, 9.17) is 4.42 Å². The van der Waals surface area contributed by atoms with Crippen molar-refractivity contribution in [2.24, 2.45) is 0 Å². The van der Waals surface area contributed by atoms with Gasteiger partial charge in [0.1, 0.15) is 6.26 Å². The Morgan fingerprint density at radius 1 is 1.42 bits per heavy atom. The summed E-state index contributed by atoms with van der Waals surface area (Å²) in [4.78, 5) is 25.3. The first-order chi connectivity index (χ1) is 9.22. The molecule has 0 radical (unpaired) electrons. The Morgan fingerprint density at radius 3 is 2.74 bits per heavy atom. The van der Waals surface area contributed by atoms with Crippen molar-refractivity contribution in [2.45, 2.75) is 32.2 Å². The van der Waals surface area contributed by atoms with Crippen LogP contribution in [0.4, 0.5) is 0 Å². The molecule has 0 bridgehead atoms. The standard InChI is InChI=1S/C14H20N2O3/c1-2-9-16(12-5-7-15-8-6-12)14(18)11-3-4-13(17)19-10-11/h3-4,10,12,15H,2,5-9H2,1H3. The van der Waals surface area contributed by atoms with Gasteiger partial charge in [0, 0.05) is 18.7 Å². The van der Waals surface area contributed by atoms with Crippen molar-refractivity contribution in [1.29, 1.82) is 0 Å². The molecule has 1 aromatic rings. The fraction of sp³-hybridized carbons (Fsp3) is 0.571. The summed E-state index contributed by atoms with van der Waals surface area (Å²) in [5.41, 5.74) is 0.0204. The van der Waals surface area contributed by atoms with E-state index in [0.29, 0.717) is 5.56 Å². The minimum atomic E-state index is -0.430. The van der Waals surface area contributed by atoms with Crippen LogP contribution in [-0.4, -0.2) is 36.5 Å². The monoisotopic (exact) mass is 264 g/mol. The quantitative estimate of drug-likeness (QED) is 0.889. The summed E-state index contributed by atoms with van der Waals surface area (Å²) < 4.78 is 4.78. The summed E-state index contributed by atoms with van der Waals surface area (Å²) in [6.07, 6.45) is 4.13. The Hall–Kier alpha value is -1.62. The Bertz CT molecular complexity index is 457. The highest BCUT2D eigenvalue weighted by molar-refractivity contribution is 5.93. The van der Waals surface area contributed by atoms with Gasteiger partial charge in [0.05, 0.1) is 5.56 Å². The molecule has 5 nitrogen and oxygen atoms in total. The maximum atomic E-state index is 12.5. The van der Waals surface area contributed by atoms with Crippen LogP contribution < -0.4 is 10.9 Å². The van der Waals surface area contributed by atoms with E-state index in [-0.39, 0.29) is 11.9 Å². The molecule has 5 heteroatoms. The van der Waals surface area contributed by atoms with Crippen LogP contribution in [0.25, 0.3) is 0 Å². The van der Waals surface area contributed by atoms with Gasteiger partial charge in [-0.1, -0.05) is 6.92 Å². The maximum Gasteiger partial charge on any atom is 0.335 e. The number of rotatable bonds is 4. The van der Waals surface area contributed by atoms with Gasteiger partial charge in [0.2, 0.25) is 0 Å². The average molecular weight is 264 g/mol. The second-order valence-corrected chi connectivity index (χ2v) is 4.82. The summed E-state index contributed by atoms with van der Waals surface area (Å²) in [7, 11) is 0. The molecule has 0 saturated carbocycles. The molecule has 2 heterocycles. The third-order valence-corrected chi connectivity index (χ3v) is 3.42. The van der Waals surface area contributed by atoms with Gasteiger partial charge >= 0.3 is 5.63 Å². The van der Waals surface area contributed by atoms with Crippen molar-refractivity contribution in [1.82, 2.24) is 10.2 Å². The Morgan fingerprint density at radius 2 is 2.16 bits per heavy atom. The minimum absolute atomic E-state index is 0.0440. The first-order valence-electron chi connectivity index (χ1n) is 6.83. The zero-order chi connectivity index (χ0) is 13.7. The highest BCUT2D eigenvalue weighted by atomic mass is 16.4. The third kappa shape index (κ3) is 3.44. The van der Waals surface area contributed by atoms with E-state index in [9.17, 15) is 9.59 Å². The largest absolute Gasteiger partial charge is 0.430 e. The number of hydrogen-bond donors (Lipinski definition) is 1. The van der Waals surface area contributed by atoms with Crippen LogP contribution in [0.1, 0.15) is 36.5 Å². The predicted octanol–water partition coefficient (Wildman–Crippen LogP) is 1.24. The highest BCUT2D eigenvalue weighted by Crippen LogP contribution is 2.15. The van der Waals surface area contributed by atoms with Crippen LogP contribution >= 0.6 is 0 Å². The van der Waals surface area contributed by atoms with Crippen molar-refractivity contribution in [3.05, 3.63) is 34.4 Å². The molecule has 19 heavy (non-hydrogen) atoms. The lowest BCUT2D eigenvalue weighted by atomic mass is 10.0. The van der Waals surface area contributed by atoms with E-state index in [0.717, 1.165) is 38.9 Å². The van der Waals surface area contributed by atoms with Gasteiger partial charge in [-0.05, 0) is 38.4 Å². The number of nitrogens with zero attached hydrogens (tertiary/aromatic N) is 1. The van der Waals surface area contributed by atoms with E-state index >= 15 is 0 Å². The van der Waals surface area contributed by atoms with Crippen molar-refractivity contribution < 1.29 is 9.21 Å². The fourth-order valence-electron chi connectivity index (χ4n) is 2.45. The molecule has 0 aromatic carbocycles. The van der Waals surface area contributed by atoms with Crippen molar-refractivity contribution in [3.63, 3.8) is 0 Å². The molecule has 104 valence electrons. The highest BCUT2D eigenvalue weighted by Gasteiger charge is 2.25. The van der Waals surface area contributed by atoms with Crippen LogP contribution in [0.2, 0.25) is 0 Å². The minimum Gasteiger partial charge on any atom is -0.430 e. The smallest absolute Gasteiger partial charge is 0.335 e. The molecular formula is C14H20N2O3. The summed E-state index contributed by atoms with van der Waals surface area (Å²) in [5, 5.41) is 3.30. The van der Waals surface area contributed by atoms with E-state index in [1.807, 2.05) is 4.90 Å². The van der Waals surface area contributed by atoms with Gasteiger partial charge in [-0.15, -0.1) is 0 Å². The van der Waals surface area contributed by atoms with Crippen LogP contribution in [0.15, 0.2) is 27.6 Å². The molecule has 1 N–H and O–H groups in total. The summed E-state index contributed by atoms with van der Waals surface area (Å²) >= 11 is 0. The van der Waals surface area contributed by atoms with Crippen LogP contribution in [0.5, 0.6) is 0 Å². The molecule has 1 saturated heterocycles. The van der Waals surface area contributed by atoms with Gasteiger partial charge in [-0.2, -0.15) is 0 Å². The first-order valence-corrected chi connectivity index (χ1v) is 6.83. The number of carbonyl (C=O) groups is 1. The molecule has 0 atom stereocenters. The lowest BCUT2D eigenvalue weighted by Gasteiger charge is -2.34. The summed E-state index contributed by atoms with van der Waals surface area (Å²) in [6.45, 7) is 4.69. The zero-order valence-electron chi connectivity index (χ0n) is 11.2. The van der Waals surface area contributed by atoms with Crippen molar-refractivity contribution in [2.75, 3.05) is 19.6 Å². The van der Waals surface area contributed by atoms with Gasteiger partial charge in [-0.25, -0.2) is 4.79 Å². The summed E-state index contributed by atoms with van der Waals surface area (Å²) in [5.74, 6) is -0.0440. The molecule has 1 aliphatic heterocycles. The van der Waals surface area contributed by atoms with Crippen LogP contribution in [0, 0.1) is 0 Å². The van der Waals surface area contributed by atoms with Gasteiger partial charge in [0.15, 0.2) is 0 Å². The van der Waals surface area contributed by atoms with E-state index in [2.05, 4.69) is 12.2 Å². The molecule has 0 spiro atoms. The van der Waals surface area contributed by atoms with Crippen molar-refractivity contribution >= 4 is 5.91 Å². The van der Waals surface area contributed by atoms with Crippen LogP contribution in [0.3, 0.4) is 0 Å². The third-order valence-electron chi connectivity index (χ3n) is 3.42. The Balaban J connectivity index is 2.15. The van der Waals surface area contributed by atoms with E-state index in [1.165, 1.54) is 18.4 Å². The molecule has 0 aliphatic carbocycles. The molecule has 0 unspecified atom stereocenters. The normalized spacial score (nSPS) is 16.3. The average Bonchev–Trinajstić information content (AvgIpc) is 2.46. The molecule has 1 fully saturated rings. The lowest BCUT2D eigenvalue weighted by molar-refractivity contribution is 0.0640. The SMILES string of the molecule is CCCN(C(=O)c1ccc(=O)oc1)C1CCNCC1. The fourth-order valence-corrected chi connectivity index (χ4v) is 2.45. The predicted molar refractivity (Wildman–Crippen MR) is 72.2 cm³/mol. The second kappa shape index (κ2) is 6.52. The summed E-state index contributed by atoms with van der Waals surface area (Å²) in [6, 6.07) is 3.11. The molecule has 1 aliphatic rings. The topological polar surface area (TPSA) is 62.6 Å². The van der Waals surface area contributed by atoms with Gasteiger partial charge < -0.3 is 14.6 Å². The van der Waals surface area contributed by atoms with Gasteiger partial charge in [0.25, 0.3) is 5.91 Å². The zero-order valence-corrected chi connectivity index (χ0v) is 11.2. The first kappa shape index (κ1) is 13.8. The maximum absolute atomic E-state index is 12.5. The van der Waals surface area contributed by atoms with Crippen molar-refractivity contribution in [3.8, 4) is 0 Å². The number of piperidine rings is 1. The van der Waals surface area contributed by atoms with Gasteiger partial charge in [-0.3, -0.25) is 4.79 Å². The number of amides is 1. The van der Waals surface area contributed by atoms with Crippen LogP contribution in [-0.2, 0) is 0 Å². The molecule has 2 rings (SSSR count). The molecule has 1 aromatic heterocycles. The lowest BCUT2D eigenvalue weighted by Crippen LogP contribution is -2.46. The molecular weight excluding hydrogens is 244 g/mol. The van der Waals surface area contributed by atoms with E-state index < -0.39 is 5.63 Å². The number of hydrogen-bond acceptors (Lipinski definition) is 4. The number of nitrogens with one attached hydrogen (secondary N) is 1. The van der Waals surface area contributed by atoms with E-state index in [1.54, 1.807) is 0 Å².